The molecule has 7 heteroatoms. The molecule has 3 unspecified atom stereocenters. The molecule has 0 amide bonds. The highest BCUT2D eigenvalue weighted by Gasteiger charge is 2.31. The summed E-state index contributed by atoms with van der Waals surface area (Å²) in [5.74, 6) is 0. The van der Waals surface area contributed by atoms with Crippen molar-refractivity contribution < 1.29 is 18.6 Å². The van der Waals surface area contributed by atoms with E-state index >= 15 is 0 Å². The van der Waals surface area contributed by atoms with Crippen molar-refractivity contribution >= 4 is 11.1 Å². The van der Waals surface area contributed by atoms with Crippen molar-refractivity contribution in [3.05, 3.63) is 90.0 Å². The molecule has 3 aromatic carbocycles. The summed E-state index contributed by atoms with van der Waals surface area (Å²) < 4.78 is 18.7. The van der Waals surface area contributed by atoms with E-state index < -0.39 is 11.1 Å². The molecule has 2 N–H and O–H groups in total. The molecule has 0 spiro atoms. The lowest BCUT2D eigenvalue weighted by molar-refractivity contribution is -0.267. The van der Waals surface area contributed by atoms with E-state index in [4.69, 9.17) is 9.54 Å². The fraction of sp³-hybridized carbons (Fsp3) is 0.308. The van der Waals surface area contributed by atoms with Crippen molar-refractivity contribution in [2.24, 2.45) is 0 Å². The van der Waals surface area contributed by atoms with E-state index in [-0.39, 0.29) is 18.7 Å². The van der Waals surface area contributed by atoms with Gasteiger partial charge in [0.1, 0.15) is 0 Å². The van der Waals surface area contributed by atoms with Gasteiger partial charge in [0.2, 0.25) is 11.1 Å². The highest BCUT2D eigenvalue weighted by molar-refractivity contribution is 7.80. The van der Waals surface area contributed by atoms with E-state index in [1.165, 1.54) is 11.1 Å². The SMILES string of the molecule is Cc1ccc(-c2ccc(S(=O)ON3CCC(NCc4ccccc4)CC3COO)cc2)cc1. The van der Waals surface area contributed by atoms with Gasteiger partial charge in [-0.05, 0) is 48.6 Å². The maximum Gasteiger partial charge on any atom is 0.206 e. The smallest absolute Gasteiger partial charge is 0.206 e. The predicted molar refractivity (Wildman–Crippen MR) is 129 cm³/mol. The van der Waals surface area contributed by atoms with Crippen LogP contribution in [0.2, 0.25) is 0 Å². The molecule has 1 saturated heterocycles. The third kappa shape index (κ3) is 6.57. The molecule has 0 aliphatic carbocycles. The zero-order valence-corrected chi connectivity index (χ0v) is 19.5. The number of hydrogen-bond acceptors (Lipinski definition) is 6. The van der Waals surface area contributed by atoms with Crippen LogP contribution in [-0.4, -0.2) is 39.8 Å². The summed E-state index contributed by atoms with van der Waals surface area (Å²) >= 11 is -1.65. The topological polar surface area (TPSA) is 71.0 Å². The monoisotopic (exact) mass is 466 g/mol. The van der Waals surface area contributed by atoms with Crippen LogP contribution in [0, 0.1) is 6.92 Å². The molecule has 0 bridgehead atoms. The first-order valence-electron chi connectivity index (χ1n) is 11.2. The summed E-state index contributed by atoms with van der Waals surface area (Å²) in [5.41, 5.74) is 4.61. The van der Waals surface area contributed by atoms with E-state index in [1.54, 1.807) is 5.06 Å². The van der Waals surface area contributed by atoms with Gasteiger partial charge in [-0.2, -0.15) is 9.35 Å². The van der Waals surface area contributed by atoms with Crippen molar-refractivity contribution in [1.29, 1.82) is 0 Å². The fourth-order valence-electron chi connectivity index (χ4n) is 4.04. The minimum atomic E-state index is -1.65. The first-order chi connectivity index (χ1) is 16.1. The molecule has 3 atom stereocenters. The Morgan fingerprint density at radius 2 is 1.67 bits per heavy atom. The van der Waals surface area contributed by atoms with Crippen molar-refractivity contribution in [2.45, 2.75) is 43.3 Å². The molecular weight excluding hydrogens is 436 g/mol. The summed E-state index contributed by atoms with van der Waals surface area (Å²) in [5, 5.41) is 14.3. The van der Waals surface area contributed by atoms with Gasteiger partial charge in [-0.25, -0.2) is 9.10 Å². The van der Waals surface area contributed by atoms with E-state index in [9.17, 15) is 4.21 Å². The van der Waals surface area contributed by atoms with Crippen LogP contribution in [0.5, 0.6) is 0 Å². The number of rotatable bonds is 9. The summed E-state index contributed by atoms with van der Waals surface area (Å²) in [6.45, 7) is 3.52. The lowest BCUT2D eigenvalue weighted by Gasteiger charge is -2.37. The summed E-state index contributed by atoms with van der Waals surface area (Å²) in [6, 6.07) is 26.2. The highest BCUT2D eigenvalue weighted by atomic mass is 32.2. The Morgan fingerprint density at radius 3 is 2.33 bits per heavy atom. The second-order valence-corrected chi connectivity index (χ2v) is 9.47. The average Bonchev–Trinajstić information content (AvgIpc) is 2.85. The van der Waals surface area contributed by atoms with Crippen molar-refractivity contribution in [3.63, 3.8) is 0 Å². The number of hydroxylamine groups is 2. The first-order valence-corrected chi connectivity index (χ1v) is 12.3. The van der Waals surface area contributed by atoms with Crippen LogP contribution in [-0.2, 0) is 26.8 Å². The molecule has 174 valence electrons. The molecule has 0 aromatic heterocycles. The van der Waals surface area contributed by atoms with Gasteiger partial charge in [0.15, 0.2) is 0 Å². The van der Waals surface area contributed by atoms with Gasteiger partial charge in [-0.3, -0.25) is 5.26 Å². The zero-order chi connectivity index (χ0) is 23.0. The molecule has 33 heavy (non-hydrogen) atoms. The third-order valence-corrected chi connectivity index (χ3v) is 6.95. The Balaban J connectivity index is 1.34. The molecule has 1 aliphatic rings. The van der Waals surface area contributed by atoms with E-state index in [0.29, 0.717) is 11.4 Å². The predicted octanol–water partition coefficient (Wildman–Crippen LogP) is 4.73. The Bertz CT molecular complexity index is 1030. The number of piperidine rings is 1. The average molecular weight is 467 g/mol. The van der Waals surface area contributed by atoms with Gasteiger partial charge in [0.05, 0.1) is 17.5 Å². The Kier molecular flexibility index (Phi) is 8.39. The number of nitrogens with zero attached hydrogens (tertiary/aromatic N) is 1. The van der Waals surface area contributed by atoms with Crippen molar-refractivity contribution in [3.8, 4) is 11.1 Å². The molecule has 1 heterocycles. The molecular formula is C26H30N2O4S. The maximum atomic E-state index is 12.9. The number of hydrogen-bond donors (Lipinski definition) is 2. The van der Waals surface area contributed by atoms with Crippen LogP contribution < -0.4 is 5.32 Å². The van der Waals surface area contributed by atoms with Crippen LogP contribution in [0.25, 0.3) is 11.1 Å². The lowest BCUT2D eigenvalue weighted by atomic mass is 9.99. The van der Waals surface area contributed by atoms with Crippen molar-refractivity contribution in [1.82, 2.24) is 10.4 Å². The standard InChI is InChI=1S/C26H30N2O4S/c1-20-7-9-22(10-8-20)23-11-13-26(14-12-23)33(30)32-28-16-15-24(17-25(28)19-31-29)27-18-21-5-3-2-4-6-21/h2-14,24-25,27,29H,15-19H2,1H3. The minimum absolute atomic E-state index is 0.0904. The quantitative estimate of drug-likeness (QED) is 0.351. The van der Waals surface area contributed by atoms with E-state index in [2.05, 4.69) is 53.5 Å². The van der Waals surface area contributed by atoms with Gasteiger partial charge in [0, 0.05) is 19.1 Å². The van der Waals surface area contributed by atoms with Crippen LogP contribution in [0.3, 0.4) is 0 Å². The summed E-state index contributed by atoms with van der Waals surface area (Å²) in [4.78, 5) is 5.03. The maximum absolute atomic E-state index is 12.9. The van der Waals surface area contributed by atoms with E-state index in [1.807, 2.05) is 42.5 Å². The van der Waals surface area contributed by atoms with Gasteiger partial charge in [-0.1, -0.05) is 72.3 Å². The second-order valence-electron chi connectivity index (χ2n) is 8.38. The molecule has 6 nitrogen and oxygen atoms in total. The van der Waals surface area contributed by atoms with Gasteiger partial charge in [-0.15, -0.1) is 0 Å². The molecule has 1 fully saturated rings. The van der Waals surface area contributed by atoms with Crippen LogP contribution in [0.4, 0.5) is 0 Å². The van der Waals surface area contributed by atoms with Crippen LogP contribution >= 0.6 is 0 Å². The fourth-order valence-corrected chi connectivity index (χ4v) is 4.86. The number of benzene rings is 3. The lowest BCUT2D eigenvalue weighted by Crippen LogP contribution is -2.50. The summed E-state index contributed by atoms with van der Waals surface area (Å²) in [6.07, 6.45) is 1.56. The molecule has 1 aliphatic heterocycles. The molecule has 4 rings (SSSR count). The molecule has 3 aromatic rings. The highest BCUT2D eigenvalue weighted by Crippen LogP contribution is 2.24. The summed E-state index contributed by atoms with van der Waals surface area (Å²) in [7, 11) is 0. The number of nitrogens with one attached hydrogen (secondary N) is 1. The van der Waals surface area contributed by atoms with Crippen LogP contribution in [0.1, 0.15) is 24.0 Å². The third-order valence-electron chi connectivity index (χ3n) is 5.96. The number of aryl methyl sites for hydroxylation is 1. The zero-order valence-electron chi connectivity index (χ0n) is 18.7. The van der Waals surface area contributed by atoms with E-state index in [0.717, 1.165) is 30.5 Å². The van der Waals surface area contributed by atoms with Crippen molar-refractivity contribution in [2.75, 3.05) is 13.2 Å². The Hall–Kier alpha value is -2.39. The van der Waals surface area contributed by atoms with Gasteiger partial charge >= 0.3 is 0 Å². The Morgan fingerprint density at radius 1 is 1.00 bits per heavy atom. The van der Waals surface area contributed by atoms with Gasteiger partial charge < -0.3 is 5.32 Å². The minimum Gasteiger partial charge on any atom is -0.310 e. The second kappa shape index (κ2) is 11.7. The van der Waals surface area contributed by atoms with Gasteiger partial charge in [0.25, 0.3) is 0 Å². The Labute approximate surface area is 197 Å². The first kappa shape index (κ1) is 23.8. The molecule has 0 saturated carbocycles. The normalized spacial score (nSPS) is 19.9. The largest absolute Gasteiger partial charge is 0.310 e. The molecule has 0 radical (unpaired) electrons. The van der Waals surface area contributed by atoms with Crippen LogP contribution in [0.15, 0.2) is 83.8 Å².